The van der Waals surface area contributed by atoms with E-state index < -0.39 is 0 Å². The van der Waals surface area contributed by atoms with E-state index in [9.17, 15) is 9.90 Å². The van der Waals surface area contributed by atoms with Gasteiger partial charge < -0.3 is 15.2 Å². The van der Waals surface area contributed by atoms with Crippen LogP contribution in [0.25, 0.3) is 0 Å². The molecule has 1 heterocycles. The number of aromatic nitrogens is 1. The molecule has 3 rings (SSSR count). The van der Waals surface area contributed by atoms with E-state index in [4.69, 9.17) is 4.74 Å². The summed E-state index contributed by atoms with van der Waals surface area (Å²) in [6.07, 6.45) is 0.166. The number of anilines is 2. The molecule has 0 amide bonds. The molecule has 0 aliphatic carbocycles. The number of benzene rings is 2. The van der Waals surface area contributed by atoms with Crippen LogP contribution >= 0.6 is 11.3 Å². The SMILES string of the molecule is Cc1ccc(Nc2nc(COC(=O)Cc3ccc(O)cc3)cs2)cc1. The highest BCUT2D eigenvalue weighted by molar-refractivity contribution is 7.13. The van der Waals surface area contributed by atoms with E-state index in [2.05, 4.69) is 10.3 Å². The van der Waals surface area contributed by atoms with E-state index in [1.54, 1.807) is 24.3 Å². The van der Waals surface area contributed by atoms with Crippen LogP contribution in [0.2, 0.25) is 0 Å². The number of hydrogen-bond donors (Lipinski definition) is 2. The van der Waals surface area contributed by atoms with E-state index in [0.717, 1.165) is 16.4 Å². The van der Waals surface area contributed by atoms with Crippen LogP contribution < -0.4 is 5.32 Å². The van der Waals surface area contributed by atoms with Crippen LogP contribution in [0.1, 0.15) is 16.8 Å². The maximum Gasteiger partial charge on any atom is 0.310 e. The summed E-state index contributed by atoms with van der Waals surface area (Å²) >= 11 is 1.46. The number of esters is 1. The largest absolute Gasteiger partial charge is 0.508 e. The Morgan fingerprint density at radius 3 is 2.60 bits per heavy atom. The Morgan fingerprint density at radius 1 is 1.16 bits per heavy atom. The van der Waals surface area contributed by atoms with E-state index in [0.29, 0.717) is 5.69 Å². The van der Waals surface area contributed by atoms with Crippen LogP contribution in [0.4, 0.5) is 10.8 Å². The van der Waals surface area contributed by atoms with Gasteiger partial charge in [0.2, 0.25) is 0 Å². The fraction of sp³-hybridized carbons (Fsp3) is 0.158. The molecule has 0 atom stereocenters. The maximum atomic E-state index is 11.9. The number of nitrogens with zero attached hydrogens (tertiary/aromatic N) is 1. The van der Waals surface area contributed by atoms with Crippen LogP contribution in [-0.2, 0) is 22.6 Å². The summed E-state index contributed by atoms with van der Waals surface area (Å²) < 4.78 is 5.26. The molecule has 0 unspecified atom stereocenters. The molecule has 25 heavy (non-hydrogen) atoms. The normalized spacial score (nSPS) is 10.4. The number of phenolic OH excluding ortho intramolecular Hbond substituents is 1. The molecule has 0 saturated carbocycles. The van der Waals surface area contributed by atoms with Gasteiger partial charge in [-0.2, -0.15) is 0 Å². The minimum absolute atomic E-state index is 0.142. The minimum Gasteiger partial charge on any atom is -0.508 e. The maximum absolute atomic E-state index is 11.9. The first-order valence-electron chi connectivity index (χ1n) is 7.80. The number of nitrogens with one attached hydrogen (secondary N) is 1. The van der Waals surface area contributed by atoms with Gasteiger partial charge in [0.05, 0.1) is 12.1 Å². The molecule has 0 aliphatic rings. The zero-order valence-electron chi connectivity index (χ0n) is 13.7. The Kier molecular flexibility index (Phi) is 5.30. The number of thiazole rings is 1. The Bertz CT molecular complexity index is 842. The molecule has 0 fully saturated rings. The van der Waals surface area contributed by atoms with Gasteiger partial charge in [0, 0.05) is 11.1 Å². The van der Waals surface area contributed by atoms with Crippen LogP contribution in [0.5, 0.6) is 5.75 Å². The highest BCUT2D eigenvalue weighted by atomic mass is 32.1. The van der Waals surface area contributed by atoms with Gasteiger partial charge >= 0.3 is 5.97 Å². The average Bonchev–Trinajstić information content (AvgIpc) is 3.05. The number of aryl methyl sites for hydroxylation is 1. The van der Waals surface area contributed by atoms with Crippen molar-refractivity contribution in [1.82, 2.24) is 4.98 Å². The van der Waals surface area contributed by atoms with Gasteiger partial charge in [0.15, 0.2) is 5.13 Å². The third kappa shape index (κ3) is 5.06. The van der Waals surface area contributed by atoms with Gasteiger partial charge in [-0.1, -0.05) is 29.8 Å². The Balaban J connectivity index is 1.50. The lowest BCUT2D eigenvalue weighted by Crippen LogP contribution is -2.08. The quantitative estimate of drug-likeness (QED) is 0.650. The molecule has 6 heteroatoms. The zero-order valence-corrected chi connectivity index (χ0v) is 14.5. The lowest BCUT2D eigenvalue weighted by Gasteiger charge is -2.04. The highest BCUT2D eigenvalue weighted by Crippen LogP contribution is 2.21. The Labute approximate surface area is 149 Å². The van der Waals surface area contributed by atoms with Gasteiger partial charge in [-0.3, -0.25) is 4.79 Å². The summed E-state index contributed by atoms with van der Waals surface area (Å²) in [5.41, 5.74) is 3.67. The van der Waals surface area contributed by atoms with E-state index >= 15 is 0 Å². The van der Waals surface area contributed by atoms with E-state index in [1.807, 2.05) is 36.6 Å². The van der Waals surface area contributed by atoms with Crippen molar-refractivity contribution >= 4 is 28.1 Å². The lowest BCUT2D eigenvalue weighted by molar-refractivity contribution is -0.144. The first-order valence-corrected chi connectivity index (χ1v) is 8.68. The summed E-state index contributed by atoms with van der Waals surface area (Å²) in [6, 6.07) is 14.5. The molecule has 0 aliphatic heterocycles. The van der Waals surface area contributed by atoms with Gasteiger partial charge in [-0.25, -0.2) is 4.98 Å². The molecule has 2 aromatic carbocycles. The number of carbonyl (C=O) groups excluding carboxylic acids is 1. The number of rotatable bonds is 6. The molecule has 0 spiro atoms. The zero-order chi connectivity index (χ0) is 17.6. The second-order valence-corrected chi connectivity index (χ2v) is 6.50. The number of phenols is 1. The molecule has 3 aromatic rings. The Hall–Kier alpha value is -2.86. The Morgan fingerprint density at radius 2 is 1.88 bits per heavy atom. The number of carbonyl (C=O) groups is 1. The van der Waals surface area contributed by atoms with Gasteiger partial charge in [-0.05, 0) is 36.8 Å². The first-order chi connectivity index (χ1) is 12.1. The molecule has 0 radical (unpaired) electrons. The summed E-state index contributed by atoms with van der Waals surface area (Å²) in [5, 5.41) is 15.1. The molecule has 0 saturated heterocycles. The van der Waals surface area contributed by atoms with E-state index in [1.165, 1.54) is 16.9 Å². The minimum atomic E-state index is -0.327. The first kappa shape index (κ1) is 17.0. The number of ether oxygens (including phenoxy) is 1. The van der Waals surface area contributed by atoms with Crippen molar-refractivity contribution in [2.24, 2.45) is 0 Å². The molecule has 2 N–H and O–H groups in total. The average molecular weight is 354 g/mol. The number of hydrogen-bond acceptors (Lipinski definition) is 6. The van der Waals surface area contributed by atoms with Gasteiger partial charge in [-0.15, -0.1) is 11.3 Å². The van der Waals surface area contributed by atoms with Crippen LogP contribution in [0.15, 0.2) is 53.9 Å². The second-order valence-electron chi connectivity index (χ2n) is 5.64. The fourth-order valence-electron chi connectivity index (χ4n) is 2.18. The van der Waals surface area contributed by atoms with Gasteiger partial charge in [0.1, 0.15) is 12.4 Å². The summed E-state index contributed by atoms with van der Waals surface area (Å²) in [7, 11) is 0. The van der Waals surface area contributed by atoms with Crippen LogP contribution in [0.3, 0.4) is 0 Å². The van der Waals surface area contributed by atoms with Crippen molar-refractivity contribution < 1.29 is 14.6 Å². The van der Waals surface area contributed by atoms with Crippen molar-refractivity contribution in [2.45, 2.75) is 20.0 Å². The van der Waals surface area contributed by atoms with Crippen molar-refractivity contribution in [3.05, 3.63) is 70.7 Å². The fourth-order valence-corrected chi connectivity index (χ4v) is 2.89. The van der Waals surface area contributed by atoms with Crippen molar-refractivity contribution in [3.63, 3.8) is 0 Å². The predicted molar refractivity (Wildman–Crippen MR) is 98.2 cm³/mol. The van der Waals surface area contributed by atoms with Crippen LogP contribution in [-0.4, -0.2) is 16.1 Å². The van der Waals surface area contributed by atoms with Crippen molar-refractivity contribution in [1.29, 1.82) is 0 Å². The van der Waals surface area contributed by atoms with Crippen LogP contribution in [0, 0.1) is 6.92 Å². The summed E-state index contributed by atoms with van der Waals surface area (Å²) in [4.78, 5) is 16.3. The molecular formula is C19H18N2O3S. The number of aromatic hydroxyl groups is 1. The second kappa shape index (κ2) is 7.81. The lowest BCUT2D eigenvalue weighted by atomic mass is 10.1. The summed E-state index contributed by atoms with van der Waals surface area (Å²) in [5.74, 6) is -0.153. The molecule has 128 valence electrons. The molecule has 1 aromatic heterocycles. The molecule has 0 bridgehead atoms. The van der Waals surface area contributed by atoms with Gasteiger partial charge in [0.25, 0.3) is 0 Å². The predicted octanol–water partition coefficient (Wildman–Crippen LogP) is 4.19. The third-order valence-electron chi connectivity index (χ3n) is 3.52. The third-order valence-corrected chi connectivity index (χ3v) is 4.33. The molecule has 5 nitrogen and oxygen atoms in total. The van der Waals surface area contributed by atoms with Crippen molar-refractivity contribution in [2.75, 3.05) is 5.32 Å². The van der Waals surface area contributed by atoms with Crippen molar-refractivity contribution in [3.8, 4) is 5.75 Å². The summed E-state index contributed by atoms with van der Waals surface area (Å²) in [6.45, 7) is 2.18. The molecular weight excluding hydrogens is 336 g/mol. The highest BCUT2D eigenvalue weighted by Gasteiger charge is 2.08. The smallest absolute Gasteiger partial charge is 0.310 e. The monoisotopic (exact) mass is 354 g/mol. The topological polar surface area (TPSA) is 71.5 Å². The standard InChI is InChI=1S/C19H18N2O3S/c1-13-2-6-15(7-3-13)20-19-21-16(12-25-19)11-24-18(23)10-14-4-8-17(22)9-5-14/h2-9,12,22H,10-11H2,1H3,(H,20,21). The van der Waals surface area contributed by atoms with E-state index in [-0.39, 0.29) is 24.7 Å².